The van der Waals surface area contributed by atoms with E-state index < -0.39 is 0 Å². The second-order valence-electron chi connectivity index (χ2n) is 6.11. The van der Waals surface area contributed by atoms with Crippen LogP contribution in [0.25, 0.3) is 0 Å². The van der Waals surface area contributed by atoms with Crippen molar-refractivity contribution in [3.8, 4) is 0 Å². The molecule has 4 nitrogen and oxygen atoms in total. The molecule has 1 aromatic rings. The molecule has 0 spiro atoms. The van der Waals surface area contributed by atoms with Crippen molar-refractivity contribution in [3.05, 3.63) is 29.8 Å². The quantitative estimate of drug-likeness (QED) is 0.773. The minimum atomic E-state index is 0.0861. The number of carbonyl (C=O) groups is 1. The highest BCUT2D eigenvalue weighted by Crippen LogP contribution is 2.34. The second-order valence-corrected chi connectivity index (χ2v) is 6.11. The molecule has 0 aliphatic heterocycles. The molecule has 0 heterocycles. The van der Waals surface area contributed by atoms with Gasteiger partial charge < -0.3 is 16.0 Å². The summed E-state index contributed by atoms with van der Waals surface area (Å²) in [4.78, 5) is 14.3. The third-order valence-corrected chi connectivity index (χ3v) is 4.39. The fraction of sp³-hybridized carbons (Fsp3) is 0.588. The van der Waals surface area contributed by atoms with Crippen molar-refractivity contribution in [2.75, 3.05) is 18.9 Å². The largest absolute Gasteiger partial charge is 0.326 e. The molecule has 1 aliphatic carbocycles. The monoisotopic (exact) mass is 289 g/mol. The normalized spacial score (nSPS) is 16.0. The van der Waals surface area contributed by atoms with E-state index in [0.29, 0.717) is 19.0 Å². The summed E-state index contributed by atoms with van der Waals surface area (Å²) in [6.45, 7) is 3.80. The van der Waals surface area contributed by atoms with Crippen LogP contribution in [-0.2, 0) is 11.3 Å². The van der Waals surface area contributed by atoms with Crippen molar-refractivity contribution in [2.24, 2.45) is 11.7 Å². The lowest BCUT2D eigenvalue weighted by molar-refractivity contribution is -0.116. The fourth-order valence-electron chi connectivity index (χ4n) is 2.58. The highest BCUT2D eigenvalue weighted by molar-refractivity contribution is 5.90. The van der Waals surface area contributed by atoms with E-state index in [0.717, 1.165) is 30.1 Å². The number of hydrogen-bond donors (Lipinski definition) is 2. The number of hydrogen-bond acceptors (Lipinski definition) is 3. The Morgan fingerprint density at radius 3 is 2.62 bits per heavy atom. The summed E-state index contributed by atoms with van der Waals surface area (Å²) in [5.74, 6) is 0.966. The molecule has 0 saturated heterocycles. The molecule has 1 atom stereocenters. The van der Waals surface area contributed by atoms with Crippen molar-refractivity contribution in [2.45, 2.75) is 45.2 Å². The molecule has 116 valence electrons. The maximum atomic E-state index is 11.9. The van der Waals surface area contributed by atoms with Crippen molar-refractivity contribution >= 4 is 11.6 Å². The van der Waals surface area contributed by atoms with E-state index in [1.54, 1.807) is 0 Å². The lowest BCUT2D eigenvalue weighted by Gasteiger charge is -2.24. The molecule has 1 fully saturated rings. The van der Waals surface area contributed by atoms with Gasteiger partial charge in [-0.15, -0.1) is 0 Å². The van der Waals surface area contributed by atoms with Crippen molar-refractivity contribution in [3.63, 3.8) is 0 Å². The molecule has 1 unspecified atom stereocenters. The van der Waals surface area contributed by atoms with Gasteiger partial charge in [0.25, 0.3) is 0 Å². The Balaban J connectivity index is 1.66. The van der Waals surface area contributed by atoms with Crippen LogP contribution < -0.4 is 11.1 Å². The molecule has 1 amide bonds. The van der Waals surface area contributed by atoms with Crippen molar-refractivity contribution in [1.82, 2.24) is 4.90 Å². The standard InChI is InChI=1S/C17H27N3O/c1-13(15-7-8-15)20(2)11-3-4-17(21)19-16-9-5-14(12-18)6-10-16/h5-6,9-10,13,15H,3-4,7-8,11-12,18H2,1-2H3,(H,19,21). The van der Waals surface area contributed by atoms with Crippen LogP contribution in [0, 0.1) is 5.92 Å². The molecule has 0 bridgehead atoms. The predicted molar refractivity (Wildman–Crippen MR) is 87.0 cm³/mol. The Hall–Kier alpha value is -1.39. The van der Waals surface area contributed by atoms with Crippen LogP contribution in [0.2, 0.25) is 0 Å². The van der Waals surface area contributed by atoms with Crippen LogP contribution in [-0.4, -0.2) is 30.4 Å². The maximum absolute atomic E-state index is 11.9. The Morgan fingerprint density at radius 2 is 2.05 bits per heavy atom. The topological polar surface area (TPSA) is 58.4 Å². The summed E-state index contributed by atoms with van der Waals surface area (Å²) in [7, 11) is 2.16. The zero-order valence-electron chi connectivity index (χ0n) is 13.1. The van der Waals surface area contributed by atoms with Crippen LogP contribution in [0.15, 0.2) is 24.3 Å². The molecule has 3 N–H and O–H groups in total. The Morgan fingerprint density at radius 1 is 1.38 bits per heavy atom. The van der Waals surface area contributed by atoms with Gasteiger partial charge >= 0.3 is 0 Å². The van der Waals surface area contributed by atoms with Gasteiger partial charge in [-0.1, -0.05) is 12.1 Å². The van der Waals surface area contributed by atoms with E-state index in [2.05, 4.69) is 24.2 Å². The van der Waals surface area contributed by atoms with E-state index in [9.17, 15) is 4.79 Å². The number of nitrogens with zero attached hydrogens (tertiary/aromatic N) is 1. The van der Waals surface area contributed by atoms with Crippen LogP contribution in [0.3, 0.4) is 0 Å². The zero-order chi connectivity index (χ0) is 15.2. The first-order valence-corrected chi connectivity index (χ1v) is 7.89. The van der Waals surface area contributed by atoms with Crippen LogP contribution >= 0.6 is 0 Å². The van der Waals surface area contributed by atoms with Crippen LogP contribution in [0.4, 0.5) is 5.69 Å². The number of rotatable bonds is 8. The third kappa shape index (κ3) is 5.14. The first-order valence-electron chi connectivity index (χ1n) is 7.89. The number of amides is 1. The Labute approximate surface area is 127 Å². The fourth-order valence-corrected chi connectivity index (χ4v) is 2.58. The second kappa shape index (κ2) is 7.57. The van der Waals surface area contributed by atoms with Crippen LogP contribution in [0.1, 0.15) is 38.2 Å². The Bertz CT molecular complexity index is 454. The zero-order valence-corrected chi connectivity index (χ0v) is 13.1. The Kier molecular flexibility index (Phi) is 5.76. The van der Waals surface area contributed by atoms with Crippen molar-refractivity contribution in [1.29, 1.82) is 0 Å². The summed E-state index contributed by atoms with van der Waals surface area (Å²) in [5.41, 5.74) is 7.47. The molecule has 4 heteroatoms. The molecule has 1 aliphatic rings. The number of nitrogens with two attached hydrogens (primary N) is 1. The lowest BCUT2D eigenvalue weighted by Crippen LogP contribution is -2.32. The van der Waals surface area contributed by atoms with Crippen LogP contribution in [0.5, 0.6) is 0 Å². The van der Waals surface area contributed by atoms with Gasteiger partial charge in [0.2, 0.25) is 5.91 Å². The molecular weight excluding hydrogens is 262 g/mol. The minimum Gasteiger partial charge on any atom is -0.326 e. The number of anilines is 1. The van der Waals surface area contributed by atoms with Gasteiger partial charge in [-0.2, -0.15) is 0 Å². The summed E-state index contributed by atoms with van der Waals surface area (Å²) >= 11 is 0. The van der Waals surface area contributed by atoms with E-state index in [4.69, 9.17) is 5.73 Å². The van der Waals surface area contributed by atoms with E-state index in [1.165, 1.54) is 12.8 Å². The van der Waals surface area contributed by atoms with Gasteiger partial charge in [0.15, 0.2) is 0 Å². The smallest absolute Gasteiger partial charge is 0.224 e. The van der Waals surface area contributed by atoms with Gasteiger partial charge in [0.05, 0.1) is 0 Å². The summed E-state index contributed by atoms with van der Waals surface area (Å²) < 4.78 is 0. The van der Waals surface area contributed by atoms with E-state index in [-0.39, 0.29) is 5.91 Å². The first-order chi connectivity index (χ1) is 10.1. The molecule has 2 rings (SSSR count). The van der Waals surface area contributed by atoms with E-state index >= 15 is 0 Å². The highest BCUT2D eigenvalue weighted by Gasteiger charge is 2.30. The summed E-state index contributed by atoms with van der Waals surface area (Å²) in [6.07, 6.45) is 4.20. The SMILES string of the molecule is CC(C1CC1)N(C)CCCC(=O)Nc1ccc(CN)cc1. The summed E-state index contributed by atoms with van der Waals surface area (Å²) in [5, 5.41) is 2.93. The number of carbonyl (C=O) groups excluding carboxylic acids is 1. The summed E-state index contributed by atoms with van der Waals surface area (Å²) in [6, 6.07) is 8.35. The average Bonchev–Trinajstić information content (AvgIpc) is 3.31. The first kappa shape index (κ1) is 16.0. The van der Waals surface area contributed by atoms with E-state index in [1.807, 2.05) is 24.3 Å². The average molecular weight is 289 g/mol. The third-order valence-electron chi connectivity index (χ3n) is 4.39. The molecule has 1 saturated carbocycles. The van der Waals surface area contributed by atoms with Gasteiger partial charge in [0.1, 0.15) is 0 Å². The van der Waals surface area contributed by atoms with Gasteiger partial charge in [-0.3, -0.25) is 4.79 Å². The number of nitrogens with one attached hydrogen (secondary N) is 1. The highest BCUT2D eigenvalue weighted by atomic mass is 16.1. The van der Waals surface area contributed by atoms with Gasteiger partial charge in [-0.25, -0.2) is 0 Å². The number of benzene rings is 1. The van der Waals surface area contributed by atoms with Gasteiger partial charge in [-0.05, 0) is 63.4 Å². The molecular formula is C17H27N3O. The lowest BCUT2D eigenvalue weighted by atomic mass is 10.1. The predicted octanol–water partition coefficient (Wildman–Crippen LogP) is 2.59. The molecule has 0 aromatic heterocycles. The molecule has 0 radical (unpaired) electrons. The molecule has 21 heavy (non-hydrogen) atoms. The maximum Gasteiger partial charge on any atom is 0.224 e. The van der Waals surface area contributed by atoms with Crippen molar-refractivity contribution < 1.29 is 4.79 Å². The minimum absolute atomic E-state index is 0.0861. The molecule has 1 aromatic carbocycles. The van der Waals surface area contributed by atoms with Gasteiger partial charge in [0, 0.05) is 24.7 Å².